The summed E-state index contributed by atoms with van der Waals surface area (Å²) in [6, 6.07) is 0. The monoisotopic (exact) mass is 158 g/mol. The Labute approximate surface area is 46.7 Å². The molecule has 1 unspecified atom stereocenters. The van der Waals surface area contributed by atoms with Crippen LogP contribution in [-0.4, -0.2) is 20.5 Å². The van der Waals surface area contributed by atoms with E-state index in [1.165, 1.54) is 0 Å². The van der Waals surface area contributed by atoms with Crippen molar-refractivity contribution in [3.63, 3.8) is 0 Å². The van der Waals surface area contributed by atoms with Crippen molar-refractivity contribution in [3.05, 3.63) is 0 Å². The molecule has 3 N–H and O–H groups in total. The summed E-state index contributed by atoms with van der Waals surface area (Å²) in [4.78, 5) is 15.9. The van der Waals surface area contributed by atoms with Crippen LogP contribution in [0.25, 0.3) is 0 Å². The van der Waals surface area contributed by atoms with E-state index in [1.807, 2.05) is 0 Å². The molecule has 1 atom stereocenters. The molecule has 0 aliphatic heterocycles. The van der Waals surface area contributed by atoms with E-state index in [2.05, 4.69) is 0 Å². The second-order valence-electron chi connectivity index (χ2n) is 1.04. The van der Waals surface area contributed by atoms with E-state index in [1.54, 1.807) is 0 Å². The standard InChI is InChI=1S/CH4O5P2/c2-1(7-3)8(4,5)6/h1-2H,(H2,4,5,6). The van der Waals surface area contributed by atoms with Gasteiger partial charge in [0.25, 0.3) is 0 Å². The van der Waals surface area contributed by atoms with Crippen LogP contribution in [0.4, 0.5) is 0 Å². The molecule has 0 bridgehead atoms. The Kier molecular flexibility index (Phi) is 2.74. The van der Waals surface area contributed by atoms with E-state index in [4.69, 9.17) is 14.9 Å². The Morgan fingerprint density at radius 3 is 1.88 bits per heavy atom. The molecule has 0 aliphatic carbocycles. The third-order valence-corrected chi connectivity index (χ3v) is 2.37. The van der Waals surface area contributed by atoms with E-state index in [-0.39, 0.29) is 0 Å². The molecule has 0 spiro atoms. The molecule has 0 amide bonds. The van der Waals surface area contributed by atoms with Crippen molar-refractivity contribution in [3.8, 4) is 0 Å². The molecule has 0 aliphatic rings. The summed E-state index contributed by atoms with van der Waals surface area (Å²) in [6.45, 7) is 0. The van der Waals surface area contributed by atoms with E-state index in [0.717, 1.165) is 0 Å². The normalized spacial score (nSPS) is 16.4. The predicted molar refractivity (Wildman–Crippen MR) is 25.7 cm³/mol. The third-order valence-electron chi connectivity index (χ3n) is 0.395. The molecule has 0 rings (SSSR count). The summed E-state index contributed by atoms with van der Waals surface area (Å²) >= 11 is 0. The smallest absolute Gasteiger partial charge is 0.365 e. The van der Waals surface area contributed by atoms with Gasteiger partial charge in [-0.1, -0.05) is 0 Å². The lowest BCUT2D eigenvalue weighted by Gasteiger charge is -2.01. The van der Waals surface area contributed by atoms with Crippen LogP contribution in [0, 0.1) is 0 Å². The average Bonchev–Trinajstić information content (AvgIpc) is 1.62. The van der Waals surface area contributed by atoms with Crippen molar-refractivity contribution in [2.24, 2.45) is 0 Å². The number of aliphatic hydroxyl groups is 1. The van der Waals surface area contributed by atoms with Gasteiger partial charge >= 0.3 is 7.60 Å². The van der Waals surface area contributed by atoms with Crippen molar-refractivity contribution >= 4 is 16.1 Å². The zero-order valence-corrected chi connectivity index (χ0v) is 5.42. The number of aliphatic hydroxyl groups excluding tert-OH is 1. The predicted octanol–water partition coefficient (Wildman–Crippen LogP) is -0.268. The summed E-state index contributed by atoms with van der Waals surface area (Å²) < 4.78 is 19.3. The Morgan fingerprint density at radius 1 is 1.50 bits per heavy atom. The Balaban J connectivity index is 4.02. The summed E-state index contributed by atoms with van der Waals surface area (Å²) in [6.07, 6.45) is 0. The molecule has 5 nitrogen and oxygen atoms in total. The van der Waals surface area contributed by atoms with Gasteiger partial charge in [-0.05, 0) is 0 Å². The molecule has 0 saturated heterocycles. The van der Waals surface area contributed by atoms with Gasteiger partial charge in [-0.15, -0.1) is 0 Å². The van der Waals surface area contributed by atoms with Crippen LogP contribution >= 0.6 is 16.1 Å². The van der Waals surface area contributed by atoms with Crippen molar-refractivity contribution in [2.75, 3.05) is 0 Å². The molecule has 0 saturated carbocycles. The molecular weight excluding hydrogens is 154 g/mol. The maximum atomic E-state index is 9.80. The molecule has 48 valence electrons. The molecule has 0 heterocycles. The quantitative estimate of drug-likeness (QED) is 0.481. The minimum absolute atomic E-state index is 0.950. The van der Waals surface area contributed by atoms with Crippen LogP contribution in [0.3, 0.4) is 0 Å². The van der Waals surface area contributed by atoms with E-state index >= 15 is 0 Å². The van der Waals surface area contributed by atoms with Gasteiger partial charge in [0.05, 0.1) is 0 Å². The lowest BCUT2D eigenvalue weighted by atomic mass is 11.7. The van der Waals surface area contributed by atoms with Gasteiger partial charge in [0.1, 0.15) is 0 Å². The van der Waals surface area contributed by atoms with Crippen LogP contribution < -0.4 is 0 Å². The van der Waals surface area contributed by atoms with Gasteiger partial charge in [0.2, 0.25) is 14.0 Å². The Hall–Kier alpha value is 0.210. The van der Waals surface area contributed by atoms with Crippen LogP contribution in [-0.2, 0) is 9.13 Å². The topological polar surface area (TPSA) is 94.8 Å². The molecule has 0 aromatic rings. The first-order valence-electron chi connectivity index (χ1n) is 1.54. The fourth-order valence-corrected chi connectivity index (χ4v) is 0.553. The van der Waals surface area contributed by atoms with Crippen molar-refractivity contribution in [1.82, 2.24) is 0 Å². The first-order chi connectivity index (χ1) is 3.48. The molecule has 0 aromatic carbocycles. The average molecular weight is 158 g/mol. The molecule has 0 fully saturated rings. The second-order valence-corrected chi connectivity index (χ2v) is 3.82. The maximum absolute atomic E-state index is 9.80. The number of rotatable bonds is 2. The summed E-state index contributed by atoms with van der Waals surface area (Å²) in [5.74, 6) is 0. The molecule has 8 heavy (non-hydrogen) atoms. The van der Waals surface area contributed by atoms with E-state index in [9.17, 15) is 9.13 Å². The van der Waals surface area contributed by atoms with E-state index in [0.29, 0.717) is 0 Å². The minimum atomic E-state index is -4.53. The first kappa shape index (κ1) is 8.21. The highest BCUT2D eigenvalue weighted by Gasteiger charge is 2.26. The Bertz CT molecular complexity index is 124. The summed E-state index contributed by atoms with van der Waals surface area (Å²) in [7, 11) is -5.48. The van der Waals surface area contributed by atoms with Gasteiger partial charge < -0.3 is 14.9 Å². The molecular formula is CH4O5P2. The Morgan fingerprint density at radius 2 is 1.88 bits per heavy atom. The van der Waals surface area contributed by atoms with Crippen LogP contribution in [0.2, 0.25) is 0 Å². The van der Waals surface area contributed by atoms with Gasteiger partial charge in [0.15, 0.2) is 0 Å². The van der Waals surface area contributed by atoms with Crippen LogP contribution in [0.15, 0.2) is 0 Å². The number of hydrogen-bond acceptors (Lipinski definition) is 3. The van der Waals surface area contributed by atoms with Gasteiger partial charge in [0, 0.05) is 0 Å². The van der Waals surface area contributed by atoms with E-state index < -0.39 is 21.6 Å². The van der Waals surface area contributed by atoms with Gasteiger partial charge in [-0.25, -0.2) is 0 Å². The minimum Gasteiger partial charge on any atom is -0.370 e. The third kappa shape index (κ3) is 2.50. The highest BCUT2D eigenvalue weighted by atomic mass is 31.2. The maximum Gasteiger partial charge on any atom is 0.365 e. The molecule has 0 aromatic heterocycles. The highest BCUT2D eigenvalue weighted by Crippen LogP contribution is 2.44. The van der Waals surface area contributed by atoms with Crippen LogP contribution in [0.5, 0.6) is 0 Å². The molecule has 0 radical (unpaired) electrons. The van der Waals surface area contributed by atoms with Crippen molar-refractivity contribution < 1.29 is 24.0 Å². The lowest BCUT2D eigenvalue weighted by Crippen LogP contribution is -1.95. The zero-order chi connectivity index (χ0) is 6.78. The summed E-state index contributed by atoms with van der Waals surface area (Å²) in [5, 5.41) is 8.11. The lowest BCUT2D eigenvalue weighted by molar-refractivity contribution is 0.260. The number of hydrogen-bond donors (Lipinski definition) is 3. The first-order valence-corrected chi connectivity index (χ1v) is 4.10. The fourth-order valence-electron chi connectivity index (χ4n) is 0.0614. The second kappa shape index (κ2) is 2.67. The van der Waals surface area contributed by atoms with Gasteiger partial charge in [-0.3, -0.25) is 9.13 Å². The van der Waals surface area contributed by atoms with Crippen molar-refractivity contribution in [2.45, 2.75) is 5.59 Å². The van der Waals surface area contributed by atoms with Crippen molar-refractivity contribution in [1.29, 1.82) is 0 Å². The zero-order valence-electron chi connectivity index (χ0n) is 3.63. The van der Waals surface area contributed by atoms with Gasteiger partial charge in [-0.2, -0.15) is 0 Å². The van der Waals surface area contributed by atoms with Crippen LogP contribution in [0.1, 0.15) is 0 Å². The summed E-state index contributed by atoms with van der Waals surface area (Å²) in [5.41, 5.74) is -2.07. The molecule has 7 heteroatoms. The highest BCUT2D eigenvalue weighted by molar-refractivity contribution is 7.61. The largest absolute Gasteiger partial charge is 0.370 e. The SMILES string of the molecule is O=PC(O)P(=O)(O)O. The fraction of sp³-hybridized carbons (Fsp3) is 1.00.